The molecule has 0 heterocycles. The summed E-state index contributed by atoms with van der Waals surface area (Å²) < 4.78 is 1.07. The molecule has 0 aromatic heterocycles. The Morgan fingerprint density at radius 3 is 2.24 bits per heavy atom. The summed E-state index contributed by atoms with van der Waals surface area (Å²) in [6, 6.07) is 16.8. The summed E-state index contributed by atoms with van der Waals surface area (Å²) in [5, 5.41) is 3.08. The van der Waals surface area contributed by atoms with Crippen molar-refractivity contribution < 1.29 is 4.79 Å². The maximum absolute atomic E-state index is 12.2. The average Bonchev–Trinajstić information content (AvgIpc) is 2.56. The lowest BCUT2D eigenvalue weighted by atomic mass is 9.86. The highest BCUT2D eigenvalue weighted by atomic mass is 79.9. The fraction of sp³-hybridized carbons (Fsp3) is 0.381. The van der Waals surface area contributed by atoms with Crippen LogP contribution in [-0.2, 0) is 16.0 Å². The van der Waals surface area contributed by atoms with Gasteiger partial charge in [-0.05, 0) is 41.2 Å². The Morgan fingerprint density at radius 1 is 1.08 bits per heavy atom. The molecule has 0 aliphatic heterocycles. The molecule has 0 saturated heterocycles. The van der Waals surface area contributed by atoms with Crippen molar-refractivity contribution >= 4 is 33.6 Å². The minimum absolute atomic E-state index is 0.0230. The third-order valence-electron chi connectivity index (χ3n) is 4.07. The van der Waals surface area contributed by atoms with Crippen LogP contribution in [0.15, 0.2) is 53.0 Å². The monoisotopic (exact) mass is 419 g/mol. The van der Waals surface area contributed by atoms with Crippen molar-refractivity contribution in [2.24, 2.45) is 0 Å². The highest BCUT2D eigenvalue weighted by Gasteiger charge is 2.15. The molecule has 4 heteroatoms. The summed E-state index contributed by atoms with van der Waals surface area (Å²) in [5.74, 6) is 1.39. The van der Waals surface area contributed by atoms with E-state index in [2.05, 4.69) is 78.4 Å². The van der Waals surface area contributed by atoms with E-state index in [1.807, 2.05) is 19.1 Å². The maximum Gasteiger partial charge on any atom is 0.230 e. The Labute approximate surface area is 163 Å². The highest BCUT2D eigenvalue weighted by Crippen LogP contribution is 2.24. The second kappa shape index (κ2) is 8.91. The molecular formula is C21H26BrNOS. The third-order valence-corrected chi connectivity index (χ3v) is 5.60. The zero-order valence-corrected chi connectivity index (χ0v) is 17.7. The molecule has 0 saturated carbocycles. The minimum Gasteiger partial charge on any atom is -0.349 e. The van der Waals surface area contributed by atoms with Crippen LogP contribution in [-0.4, -0.2) is 11.7 Å². The number of benzene rings is 2. The number of hydrogen-bond donors (Lipinski definition) is 1. The van der Waals surface area contributed by atoms with E-state index < -0.39 is 0 Å². The van der Waals surface area contributed by atoms with Crippen LogP contribution in [0.25, 0.3) is 0 Å². The van der Waals surface area contributed by atoms with E-state index in [0.717, 1.165) is 15.8 Å². The Morgan fingerprint density at radius 2 is 1.68 bits per heavy atom. The average molecular weight is 420 g/mol. The van der Waals surface area contributed by atoms with Gasteiger partial charge in [-0.2, -0.15) is 0 Å². The summed E-state index contributed by atoms with van der Waals surface area (Å²) in [4.78, 5) is 12.2. The van der Waals surface area contributed by atoms with Gasteiger partial charge in [-0.25, -0.2) is 0 Å². The second-order valence-corrected chi connectivity index (χ2v) is 9.18. The van der Waals surface area contributed by atoms with Gasteiger partial charge in [0.05, 0.1) is 11.8 Å². The number of carbonyl (C=O) groups excluding carboxylic acids is 1. The fourth-order valence-electron chi connectivity index (χ4n) is 2.48. The molecule has 0 spiro atoms. The van der Waals surface area contributed by atoms with E-state index in [4.69, 9.17) is 0 Å². The molecule has 2 aromatic carbocycles. The molecule has 0 aliphatic rings. The van der Waals surface area contributed by atoms with Crippen molar-refractivity contribution in [2.75, 3.05) is 5.75 Å². The topological polar surface area (TPSA) is 29.1 Å². The number of hydrogen-bond acceptors (Lipinski definition) is 2. The van der Waals surface area contributed by atoms with Crippen molar-refractivity contribution in [3.8, 4) is 0 Å². The Balaban J connectivity index is 1.80. The van der Waals surface area contributed by atoms with Gasteiger partial charge in [-0.3, -0.25) is 4.79 Å². The summed E-state index contributed by atoms with van der Waals surface area (Å²) >= 11 is 5.07. The molecule has 0 unspecified atom stereocenters. The Kier molecular flexibility index (Phi) is 7.14. The summed E-state index contributed by atoms with van der Waals surface area (Å²) in [7, 11) is 0. The SMILES string of the molecule is C[C@@H](NC(=O)CSCc1ccc(Br)cc1)c1ccc(C(C)(C)C)cc1. The van der Waals surface area contributed by atoms with Crippen LogP contribution in [0, 0.1) is 0 Å². The Hall–Kier alpha value is -1.26. The van der Waals surface area contributed by atoms with Crippen LogP contribution in [0.1, 0.15) is 50.4 Å². The lowest BCUT2D eigenvalue weighted by Gasteiger charge is -2.20. The van der Waals surface area contributed by atoms with Gasteiger partial charge in [0.2, 0.25) is 5.91 Å². The van der Waals surface area contributed by atoms with E-state index in [9.17, 15) is 4.79 Å². The summed E-state index contributed by atoms with van der Waals surface area (Å²) in [6.07, 6.45) is 0. The fourth-order valence-corrected chi connectivity index (χ4v) is 3.54. The number of halogens is 1. The van der Waals surface area contributed by atoms with E-state index in [-0.39, 0.29) is 17.4 Å². The van der Waals surface area contributed by atoms with Crippen LogP contribution < -0.4 is 5.32 Å². The van der Waals surface area contributed by atoms with Crippen LogP contribution in [0.4, 0.5) is 0 Å². The second-order valence-electron chi connectivity index (χ2n) is 7.28. The maximum atomic E-state index is 12.2. The van der Waals surface area contributed by atoms with Gasteiger partial charge >= 0.3 is 0 Å². The van der Waals surface area contributed by atoms with Crippen LogP contribution >= 0.6 is 27.7 Å². The van der Waals surface area contributed by atoms with Gasteiger partial charge in [0.25, 0.3) is 0 Å². The van der Waals surface area contributed by atoms with Gasteiger partial charge in [-0.15, -0.1) is 11.8 Å². The first-order chi connectivity index (χ1) is 11.8. The zero-order chi connectivity index (χ0) is 18.4. The smallest absolute Gasteiger partial charge is 0.230 e. The molecule has 0 aliphatic carbocycles. The molecular weight excluding hydrogens is 394 g/mol. The number of nitrogens with one attached hydrogen (secondary N) is 1. The van der Waals surface area contributed by atoms with Crippen LogP contribution in [0.2, 0.25) is 0 Å². The van der Waals surface area contributed by atoms with Crippen molar-refractivity contribution in [2.45, 2.75) is 44.9 Å². The molecule has 25 heavy (non-hydrogen) atoms. The first-order valence-corrected chi connectivity index (χ1v) is 10.4. The molecule has 0 radical (unpaired) electrons. The van der Waals surface area contributed by atoms with Gasteiger partial charge < -0.3 is 5.32 Å². The number of rotatable bonds is 6. The molecule has 0 bridgehead atoms. The quantitative estimate of drug-likeness (QED) is 0.635. The van der Waals surface area contributed by atoms with Crippen molar-refractivity contribution in [1.82, 2.24) is 5.32 Å². The van der Waals surface area contributed by atoms with E-state index in [1.165, 1.54) is 11.1 Å². The molecule has 0 fully saturated rings. The molecule has 1 N–H and O–H groups in total. The summed E-state index contributed by atoms with van der Waals surface area (Å²) in [5.41, 5.74) is 3.82. The van der Waals surface area contributed by atoms with E-state index >= 15 is 0 Å². The standard InChI is InChI=1S/C21H26BrNOS/c1-15(17-7-9-18(10-8-17)21(2,3)4)23-20(24)14-25-13-16-5-11-19(22)12-6-16/h5-12,15H,13-14H2,1-4H3,(H,23,24)/t15-/m1/s1. The zero-order valence-electron chi connectivity index (χ0n) is 15.3. The van der Waals surface area contributed by atoms with E-state index in [1.54, 1.807) is 11.8 Å². The molecule has 134 valence electrons. The van der Waals surface area contributed by atoms with E-state index in [0.29, 0.717) is 5.75 Å². The lowest BCUT2D eigenvalue weighted by molar-refractivity contribution is -0.119. The predicted octanol–water partition coefficient (Wildman–Crippen LogP) is 5.86. The lowest BCUT2D eigenvalue weighted by Crippen LogP contribution is -2.28. The van der Waals surface area contributed by atoms with Gasteiger partial charge in [-0.1, -0.05) is 73.1 Å². The molecule has 2 aromatic rings. The molecule has 1 amide bonds. The highest BCUT2D eigenvalue weighted by molar-refractivity contribution is 9.10. The summed E-state index contributed by atoms with van der Waals surface area (Å²) in [6.45, 7) is 8.64. The van der Waals surface area contributed by atoms with Crippen molar-refractivity contribution in [3.63, 3.8) is 0 Å². The third kappa shape index (κ3) is 6.52. The van der Waals surface area contributed by atoms with Crippen LogP contribution in [0.3, 0.4) is 0 Å². The predicted molar refractivity (Wildman–Crippen MR) is 112 cm³/mol. The van der Waals surface area contributed by atoms with Gasteiger partial charge in [0.15, 0.2) is 0 Å². The van der Waals surface area contributed by atoms with Gasteiger partial charge in [0.1, 0.15) is 0 Å². The minimum atomic E-state index is 0.0230. The molecule has 1 atom stereocenters. The Bertz CT molecular complexity index is 689. The largest absolute Gasteiger partial charge is 0.349 e. The first-order valence-electron chi connectivity index (χ1n) is 8.47. The number of thioether (sulfide) groups is 1. The van der Waals surface area contributed by atoms with Gasteiger partial charge in [0, 0.05) is 10.2 Å². The first kappa shape index (κ1) is 20.1. The molecule has 2 rings (SSSR count). The normalized spacial score (nSPS) is 12.7. The molecule has 2 nitrogen and oxygen atoms in total. The van der Waals surface area contributed by atoms with Crippen LogP contribution in [0.5, 0.6) is 0 Å². The van der Waals surface area contributed by atoms with Crippen molar-refractivity contribution in [3.05, 3.63) is 69.7 Å². The number of carbonyl (C=O) groups is 1. The number of amides is 1. The van der Waals surface area contributed by atoms with Crippen molar-refractivity contribution in [1.29, 1.82) is 0 Å².